The van der Waals surface area contributed by atoms with Gasteiger partial charge in [0.15, 0.2) is 0 Å². The fourth-order valence-corrected chi connectivity index (χ4v) is 1.71. The molecule has 0 bridgehead atoms. The molecular weight excluding hydrogens is 258 g/mol. The van der Waals surface area contributed by atoms with Crippen LogP contribution in [0.1, 0.15) is 22.6 Å². The number of carbonyl (C=O) groups is 1. The van der Waals surface area contributed by atoms with E-state index < -0.39 is 5.97 Å². The van der Waals surface area contributed by atoms with Crippen LogP contribution < -0.4 is 4.74 Å². The molecule has 0 amide bonds. The second-order valence-corrected chi connectivity index (χ2v) is 4.33. The number of benzene rings is 1. The Balaban J connectivity index is 1.99. The number of nitrogens with zero attached hydrogens (tertiary/aromatic N) is 1. The van der Waals surface area contributed by atoms with Crippen molar-refractivity contribution < 1.29 is 19.2 Å². The van der Waals surface area contributed by atoms with Crippen LogP contribution in [-0.2, 0) is 11.4 Å². The van der Waals surface area contributed by atoms with Gasteiger partial charge < -0.3 is 14.4 Å². The lowest BCUT2D eigenvalue weighted by molar-refractivity contribution is -0.131. The van der Waals surface area contributed by atoms with E-state index in [1.165, 1.54) is 6.08 Å². The summed E-state index contributed by atoms with van der Waals surface area (Å²) in [4.78, 5) is 10.4. The van der Waals surface area contributed by atoms with Gasteiger partial charge in [0.2, 0.25) is 0 Å². The summed E-state index contributed by atoms with van der Waals surface area (Å²) in [5.41, 5.74) is 2.57. The molecule has 1 aromatic heterocycles. The van der Waals surface area contributed by atoms with Gasteiger partial charge in [-0.25, -0.2) is 4.79 Å². The van der Waals surface area contributed by atoms with E-state index in [9.17, 15) is 4.79 Å². The molecule has 1 heterocycles. The van der Waals surface area contributed by atoms with Crippen LogP contribution in [0.3, 0.4) is 0 Å². The van der Waals surface area contributed by atoms with E-state index in [0.717, 1.165) is 28.7 Å². The largest absolute Gasteiger partial charge is 0.489 e. The molecule has 20 heavy (non-hydrogen) atoms. The predicted molar refractivity (Wildman–Crippen MR) is 73.4 cm³/mol. The fourth-order valence-electron chi connectivity index (χ4n) is 1.71. The number of aromatic nitrogens is 1. The quantitative estimate of drug-likeness (QED) is 0.848. The average Bonchev–Trinajstić information content (AvgIpc) is 2.75. The number of ether oxygens (including phenoxy) is 1. The van der Waals surface area contributed by atoms with E-state index in [-0.39, 0.29) is 0 Å². The number of carboxylic acid groups (broad SMARTS) is 1. The molecule has 0 spiro atoms. The van der Waals surface area contributed by atoms with Gasteiger partial charge in [-0.3, -0.25) is 0 Å². The average molecular weight is 273 g/mol. The number of hydrogen-bond donors (Lipinski definition) is 1. The molecule has 0 aliphatic rings. The first-order valence-corrected chi connectivity index (χ1v) is 6.12. The Morgan fingerprint density at radius 1 is 1.35 bits per heavy atom. The zero-order valence-corrected chi connectivity index (χ0v) is 11.3. The standard InChI is InChI=1S/C15H15NO4/c1-10-14(11(2)20-16-10)9-19-13-6-3-12(4-7-13)5-8-15(17)18/h3-8H,9H2,1-2H3,(H,17,18)/b8-5+. The SMILES string of the molecule is Cc1noc(C)c1COc1ccc(/C=C/C(=O)O)cc1. The van der Waals surface area contributed by atoms with Gasteiger partial charge in [0, 0.05) is 6.08 Å². The minimum absolute atomic E-state index is 0.394. The zero-order valence-electron chi connectivity index (χ0n) is 11.3. The lowest BCUT2D eigenvalue weighted by Gasteiger charge is -2.05. The highest BCUT2D eigenvalue weighted by molar-refractivity contribution is 5.85. The van der Waals surface area contributed by atoms with Gasteiger partial charge >= 0.3 is 5.97 Å². The van der Waals surface area contributed by atoms with E-state index in [2.05, 4.69) is 5.16 Å². The van der Waals surface area contributed by atoms with E-state index in [0.29, 0.717) is 12.4 Å². The Labute approximate surface area is 116 Å². The molecule has 1 aromatic carbocycles. The Hall–Kier alpha value is -2.56. The molecule has 0 aliphatic heterocycles. The summed E-state index contributed by atoms with van der Waals surface area (Å²) in [7, 11) is 0. The summed E-state index contributed by atoms with van der Waals surface area (Å²) in [5, 5.41) is 12.4. The van der Waals surface area contributed by atoms with E-state index in [4.69, 9.17) is 14.4 Å². The zero-order chi connectivity index (χ0) is 14.5. The first kappa shape index (κ1) is 13.9. The Kier molecular flexibility index (Phi) is 4.20. The molecule has 0 saturated carbocycles. The van der Waals surface area contributed by atoms with Crippen LogP contribution >= 0.6 is 0 Å². The van der Waals surface area contributed by atoms with Crippen LogP contribution in [0.25, 0.3) is 6.08 Å². The van der Waals surface area contributed by atoms with Crippen LogP contribution in [0.4, 0.5) is 0 Å². The van der Waals surface area contributed by atoms with Crippen LogP contribution in [0.2, 0.25) is 0 Å². The van der Waals surface area contributed by atoms with Crippen LogP contribution in [0.15, 0.2) is 34.9 Å². The third-order valence-electron chi connectivity index (χ3n) is 2.86. The minimum atomic E-state index is -0.969. The molecule has 2 rings (SSSR count). The van der Waals surface area contributed by atoms with Crippen molar-refractivity contribution >= 4 is 12.0 Å². The molecule has 1 N–H and O–H groups in total. The molecule has 0 fully saturated rings. The van der Waals surface area contributed by atoms with Crippen molar-refractivity contribution in [2.45, 2.75) is 20.5 Å². The maximum atomic E-state index is 10.4. The lowest BCUT2D eigenvalue weighted by Crippen LogP contribution is -1.97. The molecular formula is C15H15NO4. The molecule has 2 aromatic rings. The van der Waals surface area contributed by atoms with E-state index >= 15 is 0 Å². The van der Waals surface area contributed by atoms with Gasteiger partial charge in [-0.15, -0.1) is 0 Å². The van der Waals surface area contributed by atoms with Crippen LogP contribution in [0.5, 0.6) is 5.75 Å². The van der Waals surface area contributed by atoms with Gasteiger partial charge in [-0.1, -0.05) is 17.3 Å². The monoisotopic (exact) mass is 273 g/mol. The molecule has 0 saturated heterocycles. The molecule has 0 radical (unpaired) electrons. The molecule has 0 aliphatic carbocycles. The van der Waals surface area contributed by atoms with Crippen LogP contribution in [-0.4, -0.2) is 16.2 Å². The van der Waals surface area contributed by atoms with Crippen molar-refractivity contribution in [3.05, 3.63) is 52.9 Å². The van der Waals surface area contributed by atoms with Gasteiger partial charge in [-0.2, -0.15) is 0 Å². The molecule has 0 atom stereocenters. The predicted octanol–water partition coefficient (Wildman–Crippen LogP) is 2.97. The molecule has 0 unspecified atom stereocenters. The molecule has 104 valence electrons. The maximum absolute atomic E-state index is 10.4. The summed E-state index contributed by atoms with van der Waals surface area (Å²) in [5.74, 6) is 0.490. The van der Waals surface area contributed by atoms with Crippen molar-refractivity contribution in [2.75, 3.05) is 0 Å². The summed E-state index contributed by atoms with van der Waals surface area (Å²) < 4.78 is 10.7. The van der Waals surface area contributed by atoms with Crippen molar-refractivity contribution in [2.24, 2.45) is 0 Å². The lowest BCUT2D eigenvalue weighted by atomic mass is 10.2. The summed E-state index contributed by atoms with van der Waals surface area (Å²) in [6.45, 7) is 4.11. The van der Waals surface area contributed by atoms with Crippen molar-refractivity contribution in [3.8, 4) is 5.75 Å². The topological polar surface area (TPSA) is 72.6 Å². The fraction of sp³-hybridized carbons (Fsp3) is 0.200. The van der Waals surface area contributed by atoms with Gasteiger partial charge in [-0.05, 0) is 37.6 Å². The second-order valence-electron chi connectivity index (χ2n) is 4.33. The number of aliphatic carboxylic acids is 1. The Bertz CT molecular complexity index is 606. The highest BCUT2D eigenvalue weighted by atomic mass is 16.5. The third kappa shape index (κ3) is 3.47. The first-order chi connectivity index (χ1) is 9.56. The normalized spacial score (nSPS) is 10.9. The second kappa shape index (κ2) is 6.06. The minimum Gasteiger partial charge on any atom is -0.489 e. The number of aryl methyl sites for hydroxylation is 2. The Morgan fingerprint density at radius 3 is 2.60 bits per heavy atom. The van der Waals surface area contributed by atoms with Gasteiger partial charge in [0.05, 0.1) is 11.3 Å². The van der Waals surface area contributed by atoms with E-state index in [1.807, 2.05) is 13.8 Å². The van der Waals surface area contributed by atoms with E-state index in [1.54, 1.807) is 24.3 Å². The van der Waals surface area contributed by atoms with Crippen molar-refractivity contribution in [1.29, 1.82) is 0 Å². The highest BCUT2D eigenvalue weighted by Crippen LogP contribution is 2.18. The van der Waals surface area contributed by atoms with Crippen LogP contribution in [0, 0.1) is 13.8 Å². The first-order valence-electron chi connectivity index (χ1n) is 6.12. The van der Waals surface area contributed by atoms with Gasteiger partial charge in [0.1, 0.15) is 18.1 Å². The summed E-state index contributed by atoms with van der Waals surface area (Å²) in [6, 6.07) is 7.17. The van der Waals surface area contributed by atoms with Gasteiger partial charge in [0.25, 0.3) is 0 Å². The third-order valence-corrected chi connectivity index (χ3v) is 2.86. The number of rotatable bonds is 5. The summed E-state index contributed by atoms with van der Waals surface area (Å²) in [6.07, 6.45) is 2.63. The highest BCUT2D eigenvalue weighted by Gasteiger charge is 2.09. The van der Waals surface area contributed by atoms with Crippen molar-refractivity contribution in [1.82, 2.24) is 5.16 Å². The number of hydrogen-bond acceptors (Lipinski definition) is 4. The molecule has 5 heteroatoms. The maximum Gasteiger partial charge on any atom is 0.328 e. The smallest absolute Gasteiger partial charge is 0.328 e. The molecule has 5 nitrogen and oxygen atoms in total. The number of carboxylic acids is 1. The summed E-state index contributed by atoms with van der Waals surface area (Å²) >= 11 is 0. The Morgan fingerprint density at radius 2 is 2.05 bits per heavy atom. The van der Waals surface area contributed by atoms with Crippen molar-refractivity contribution in [3.63, 3.8) is 0 Å².